The molecular formula is C11H7ClF4N4O. The maximum Gasteiger partial charge on any atom is 0.419 e. The Kier molecular flexibility index (Phi) is 4.12. The van der Waals surface area contributed by atoms with Gasteiger partial charge in [-0.05, 0) is 29.8 Å². The molecule has 1 aromatic carbocycles. The first-order chi connectivity index (χ1) is 9.79. The SMILES string of the molecule is CNc1nc(Cl)nc(Oc2ccc(F)c(C(F)(F)F)c2)n1. The van der Waals surface area contributed by atoms with Gasteiger partial charge in [-0.15, -0.1) is 0 Å². The normalized spacial score (nSPS) is 11.3. The molecular weight excluding hydrogens is 316 g/mol. The molecule has 1 heterocycles. The number of nitrogens with one attached hydrogen (secondary N) is 1. The number of hydrogen-bond donors (Lipinski definition) is 1. The van der Waals surface area contributed by atoms with Crippen molar-refractivity contribution in [2.75, 3.05) is 12.4 Å². The van der Waals surface area contributed by atoms with E-state index in [9.17, 15) is 17.6 Å². The number of aromatic nitrogens is 3. The van der Waals surface area contributed by atoms with Gasteiger partial charge in [0.15, 0.2) is 0 Å². The molecule has 0 bridgehead atoms. The zero-order chi connectivity index (χ0) is 15.6. The van der Waals surface area contributed by atoms with Gasteiger partial charge in [-0.3, -0.25) is 0 Å². The van der Waals surface area contributed by atoms with Crippen molar-refractivity contribution >= 4 is 17.5 Å². The maximum absolute atomic E-state index is 13.1. The van der Waals surface area contributed by atoms with Gasteiger partial charge in [-0.1, -0.05) is 0 Å². The van der Waals surface area contributed by atoms with E-state index in [0.29, 0.717) is 12.1 Å². The van der Waals surface area contributed by atoms with Crippen molar-refractivity contribution in [2.45, 2.75) is 6.18 Å². The number of alkyl halides is 3. The molecule has 21 heavy (non-hydrogen) atoms. The second kappa shape index (κ2) is 5.68. The molecule has 5 nitrogen and oxygen atoms in total. The van der Waals surface area contributed by atoms with E-state index in [1.54, 1.807) is 0 Å². The van der Waals surface area contributed by atoms with Crippen molar-refractivity contribution in [3.05, 3.63) is 34.9 Å². The lowest BCUT2D eigenvalue weighted by Crippen LogP contribution is -2.08. The summed E-state index contributed by atoms with van der Waals surface area (Å²) in [5.74, 6) is -1.62. The smallest absolute Gasteiger partial charge is 0.419 e. The molecule has 0 fully saturated rings. The van der Waals surface area contributed by atoms with Gasteiger partial charge in [0.25, 0.3) is 0 Å². The van der Waals surface area contributed by atoms with E-state index in [-0.39, 0.29) is 23.0 Å². The van der Waals surface area contributed by atoms with Crippen LogP contribution in [0, 0.1) is 5.82 Å². The molecule has 2 rings (SSSR count). The minimum atomic E-state index is -4.84. The summed E-state index contributed by atoms with van der Waals surface area (Å²) in [6, 6.07) is 1.84. The predicted octanol–water partition coefficient (Wildman–Crippen LogP) is 3.52. The van der Waals surface area contributed by atoms with Crippen LogP contribution in [-0.2, 0) is 6.18 Å². The average Bonchev–Trinajstić information content (AvgIpc) is 2.39. The molecule has 0 atom stereocenters. The molecule has 1 aromatic heterocycles. The fourth-order valence-electron chi connectivity index (χ4n) is 1.38. The summed E-state index contributed by atoms with van der Waals surface area (Å²) in [4.78, 5) is 11.0. The Morgan fingerprint density at radius 2 is 1.90 bits per heavy atom. The van der Waals surface area contributed by atoms with Crippen LogP contribution in [-0.4, -0.2) is 22.0 Å². The highest BCUT2D eigenvalue weighted by molar-refractivity contribution is 6.28. The Hall–Kier alpha value is -2.16. The van der Waals surface area contributed by atoms with Gasteiger partial charge in [0.05, 0.1) is 5.56 Å². The van der Waals surface area contributed by atoms with Gasteiger partial charge in [-0.25, -0.2) is 4.39 Å². The molecule has 10 heteroatoms. The van der Waals surface area contributed by atoms with E-state index < -0.39 is 17.6 Å². The maximum atomic E-state index is 13.1. The summed E-state index contributed by atoms with van der Waals surface area (Å²) in [6.45, 7) is 0. The van der Waals surface area contributed by atoms with Crippen molar-refractivity contribution in [3.63, 3.8) is 0 Å². The Morgan fingerprint density at radius 1 is 1.19 bits per heavy atom. The lowest BCUT2D eigenvalue weighted by atomic mass is 10.2. The first-order valence-corrected chi connectivity index (χ1v) is 5.81. The summed E-state index contributed by atoms with van der Waals surface area (Å²) in [6.07, 6.45) is -4.84. The van der Waals surface area contributed by atoms with Crippen LogP contribution >= 0.6 is 11.6 Å². The highest BCUT2D eigenvalue weighted by atomic mass is 35.5. The fraction of sp³-hybridized carbons (Fsp3) is 0.182. The van der Waals surface area contributed by atoms with E-state index >= 15 is 0 Å². The molecule has 0 spiro atoms. The van der Waals surface area contributed by atoms with Gasteiger partial charge in [0.1, 0.15) is 11.6 Å². The number of benzene rings is 1. The molecule has 0 amide bonds. The Morgan fingerprint density at radius 3 is 2.52 bits per heavy atom. The van der Waals surface area contributed by atoms with Crippen LogP contribution in [0.1, 0.15) is 5.56 Å². The van der Waals surface area contributed by atoms with Gasteiger partial charge in [0, 0.05) is 7.05 Å². The first kappa shape index (κ1) is 15.2. The zero-order valence-electron chi connectivity index (χ0n) is 10.4. The number of anilines is 1. The topological polar surface area (TPSA) is 59.9 Å². The third-order valence-electron chi connectivity index (χ3n) is 2.26. The van der Waals surface area contributed by atoms with E-state index in [2.05, 4.69) is 20.3 Å². The van der Waals surface area contributed by atoms with E-state index in [0.717, 1.165) is 6.07 Å². The fourth-order valence-corrected chi connectivity index (χ4v) is 1.53. The summed E-state index contributed by atoms with van der Waals surface area (Å²) < 4.78 is 55.9. The Bertz CT molecular complexity index is 665. The highest BCUT2D eigenvalue weighted by Gasteiger charge is 2.34. The second-order valence-corrected chi connectivity index (χ2v) is 4.04. The molecule has 0 aliphatic rings. The molecule has 2 aromatic rings. The quantitative estimate of drug-likeness (QED) is 0.876. The molecule has 0 aliphatic heterocycles. The number of hydrogen-bond acceptors (Lipinski definition) is 5. The summed E-state index contributed by atoms with van der Waals surface area (Å²) in [5, 5.41) is 2.37. The van der Waals surface area contributed by atoms with Crippen molar-refractivity contribution in [3.8, 4) is 11.8 Å². The van der Waals surface area contributed by atoms with Crippen LogP contribution in [0.15, 0.2) is 18.2 Å². The summed E-state index contributed by atoms with van der Waals surface area (Å²) in [7, 11) is 1.51. The van der Waals surface area contributed by atoms with Crippen molar-refractivity contribution < 1.29 is 22.3 Å². The van der Waals surface area contributed by atoms with Gasteiger partial charge < -0.3 is 10.1 Å². The van der Waals surface area contributed by atoms with Crippen molar-refractivity contribution in [1.29, 1.82) is 0 Å². The number of ether oxygens (including phenoxy) is 1. The molecule has 0 saturated carbocycles. The van der Waals surface area contributed by atoms with E-state index in [4.69, 9.17) is 16.3 Å². The van der Waals surface area contributed by atoms with Crippen LogP contribution < -0.4 is 10.1 Å². The van der Waals surface area contributed by atoms with Crippen LogP contribution in [0.5, 0.6) is 11.8 Å². The third kappa shape index (κ3) is 3.69. The van der Waals surface area contributed by atoms with Crippen molar-refractivity contribution in [1.82, 2.24) is 15.0 Å². The lowest BCUT2D eigenvalue weighted by molar-refractivity contribution is -0.140. The minimum Gasteiger partial charge on any atom is -0.424 e. The Balaban J connectivity index is 2.34. The molecule has 0 radical (unpaired) electrons. The minimum absolute atomic E-state index is 0.0724. The third-order valence-corrected chi connectivity index (χ3v) is 2.43. The molecule has 0 aliphatic carbocycles. The standard InChI is InChI=1S/C11H7ClF4N4O/c1-17-9-18-8(12)19-10(20-9)21-5-2-3-7(13)6(4-5)11(14,15)16/h2-4H,1H3,(H,17,18,19,20). The van der Waals surface area contributed by atoms with Gasteiger partial charge in [0.2, 0.25) is 11.2 Å². The van der Waals surface area contributed by atoms with Crippen LogP contribution in [0.3, 0.4) is 0 Å². The predicted molar refractivity (Wildman–Crippen MR) is 65.9 cm³/mol. The number of rotatable bonds is 3. The van der Waals surface area contributed by atoms with E-state index in [1.165, 1.54) is 7.05 Å². The van der Waals surface area contributed by atoms with Crippen molar-refractivity contribution in [2.24, 2.45) is 0 Å². The van der Waals surface area contributed by atoms with Crippen LogP contribution in [0.25, 0.3) is 0 Å². The molecule has 0 unspecified atom stereocenters. The molecule has 112 valence electrons. The molecule has 1 N–H and O–H groups in total. The zero-order valence-corrected chi connectivity index (χ0v) is 11.1. The highest BCUT2D eigenvalue weighted by Crippen LogP contribution is 2.34. The van der Waals surface area contributed by atoms with Crippen LogP contribution in [0.4, 0.5) is 23.5 Å². The van der Waals surface area contributed by atoms with Gasteiger partial charge in [-0.2, -0.15) is 28.1 Å². The first-order valence-electron chi connectivity index (χ1n) is 5.43. The number of nitrogens with zero attached hydrogens (tertiary/aromatic N) is 3. The average molecular weight is 323 g/mol. The largest absolute Gasteiger partial charge is 0.424 e. The Labute approximate surface area is 121 Å². The van der Waals surface area contributed by atoms with Crippen LogP contribution in [0.2, 0.25) is 5.28 Å². The monoisotopic (exact) mass is 322 g/mol. The van der Waals surface area contributed by atoms with Gasteiger partial charge >= 0.3 is 12.2 Å². The lowest BCUT2D eigenvalue weighted by Gasteiger charge is -2.10. The van der Waals surface area contributed by atoms with E-state index in [1.807, 2.05) is 0 Å². The second-order valence-electron chi connectivity index (χ2n) is 3.70. The number of halogens is 5. The molecule has 0 saturated heterocycles. The summed E-state index contributed by atoms with van der Waals surface area (Å²) >= 11 is 5.60. The summed E-state index contributed by atoms with van der Waals surface area (Å²) in [5.41, 5.74) is -1.45.